The molecule has 0 aliphatic heterocycles. The zero-order valence-electron chi connectivity index (χ0n) is 17.5. The van der Waals surface area contributed by atoms with Crippen molar-refractivity contribution in [1.82, 2.24) is 14.9 Å². The van der Waals surface area contributed by atoms with Crippen LogP contribution in [0.5, 0.6) is 11.5 Å². The molecule has 9 nitrogen and oxygen atoms in total. The van der Waals surface area contributed by atoms with E-state index in [9.17, 15) is 13.2 Å². The molecule has 0 radical (unpaired) electrons. The van der Waals surface area contributed by atoms with E-state index in [1.807, 2.05) is 6.92 Å². The van der Waals surface area contributed by atoms with Crippen LogP contribution in [0.4, 0.5) is 5.13 Å². The first-order chi connectivity index (χ1) is 15.3. The van der Waals surface area contributed by atoms with Crippen LogP contribution < -0.4 is 19.5 Å². The minimum atomic E-state index is -4.00. The van der Waals surface area contributed by atoms with Gasteiger partial charge < -0.3 is 9.47 Å². The predicted molar refractivity (Wildman–Crippen MR) is 122 cm³/mol. The number of nitrogens with one attached hydrogen (secondary N) is 2. The fourth-order valence-corrected chi connectivity index (χ4v) is 5.31. The molecule has 3 rings (SSSR count). The van der Waals surface area contributed by atoms with Crippen LogP contribution in [0.1, 0.15) is 35.3 Å². The van der Waals surface area contributed by atoms with E-state index >= 15 is 0 Å². The number of carbonyl (C=O) groups is 1. The highest BCUT2D eigenvalue weighted by atomic mass is 35.5. The van der Waals surface area contributed by atoms with E-state index in [-0.39, 0.29) is 20.1 Å². The average Bonchev–Trinajstić information content (AvgIpc) is 3.26. The molecule has 0 aliphatic carbocycles. The van der Waals surface area contributed by atoms with Crippen LogP contribution in [0.15, 0.2) is 46.8 Å². The van der Waals surface area contributed by atoms with E-state index in [0.29, 0.717) is 23.5 Å². The van der Waals surface area contributed by atoms with E-state index < -0.39 is 22.0 Å². The van der Waals surface area contributed by atoms with Crippen LogP contribution in [0, 0.1) is 0 Å². The fraction of sp³-hybridized carbons (Fsp3) is 0.250. The smallest absolute Gasteiger partial charge is 0.270 e. The number of aromatic nitrogens is 2. The third kappa shape index (κ3) is 5.36. The summed E-state index contributed by atoms with van der Waals surface area (Å²) in [6.45, 7) is 1.85. The molecular weight excluding hydrogens is 476 g/mol. The number of hydrogen-bond donors (Lipinski definition) is 2. The minimum Gasteiger partial charge on any atom is -0.493 e. The first kappa shape index (κ1) is 23.9. The molecule has 32 heavy (non-hydrogen) atoms. The van der Waals surface area contributed by atoms with Gasteiger partial charge in [0.2, 0.25) is 9.47 Å². The lowest BCUT2D eigenvalue weighted by molar-refractivity contribution is 0.102. The molecule has 0 spiro atoms. The number of benzene rings is 2. The van der Waals surface area contributed by atoms with Gasteiger partial charge in [0.1, 0.15) is 0 Å². The second kappa shape index (κ2) is 10.3. The van der Waals surface area contributed by atoms with Crippen molar-refractivity contribution in [3.63, 3.8) is 0 Å². The van der Waals surface area contributed by atoms with Gasteiger partial charge in [-0.2, -0.15) is 0 Å². The van der Waals surface area contributed by atoms with Crippen LogP contribution in [-0.4, -0.2) is 38.7 Å². The van der Waals surface area contributed by atoms with Gasteiger partial charge in [0.25, 0.3) is 15.9 Å². The lowest BCUT2D eigenvalue weighted by Gasteiger charge is -2.18. The zero-order valence-corrected chi connectivity index (χ0v) is 19.8. The molecule has 1 heterocycles. The Hall–Kier alpha value is -2.73. The van der Waals surface area contributed by atoms with E-state index in [2.05, 4.69) is 20.2 Å². The summed E-state index contributed by atoms with van der Waals surface area (Å²) < 4.78 is 38.6. The van der Waals surface area contributed by atoms with Crippen LogP contribution in [0.3, 0.4) is 0 Å². The lowest BCUT2D eigenvalue weighted by atomic mass is 10.1. The Balaban J connectivity index is 1.77. The number of nitrogens with zero attached hydrogens (tertiary/aromatic N) is 2. The van der Waals surface area contributed by atoms with Crippen molar-refractivity contribution in [3.05, 3.63) is 58.6 Å². The molecule has 1 amide bonds. The lowest BCUT2D eigenvalue weighted by Crippen LogP contribution is -2.28. The molecule has 12 heteroatoms. The number of sulfonamides is 1. The highest BCUT2D eigenvalue weighted by molar-refractivity contribution is 7.91. The van der Waals surface area contributed by atoms with Gasteiger partial charge in [0, 0.05) is 6.04 Å². The summed E-state index contributed by atoms with van der Waals surface area (Å²) in [6.07, 6.45) is 0.476. The largest absolute Gasteiger partial charge is 0.493 e. The van der Waals surface area contributed by atoms with Gasteiger partial charge in [0.05, 0.1) is 24.8 Å². The minimum absolute atomic E-state index is 0.0365. The molecule has 0 aliphatic rings. The van der Waals surface area contributed by atoms with Gasteiger partial charge in [-0.25, -0.2) is 13.1 Å². The van der Waals surface area contributed by atoms with Crippen molar-refractivity contribution in [1.29, 1.82) is 0 Å². The number of methoxy groups -OCH3 is 2. The Morgan fingerprint density at radius 3 is 2.50 bits per heavy atom. The van der Waals surface area contributed by atoms with Gasteiger partial charge >= 0.3 is 0 Å². The molecule has 0 fully saturated rings. The molecule has 3 aromatic rings. The van der Waals surface area contributed by atoms with E-state index in [1.54, 1.807) is 42.5 Å². The third-order valence-corrected chi connectivity index (χ3v) is 7.50. The van der Waals surface area contributed by atoms with E-state index in [4.69, 9.17) is 21.1 Å². The Kier molecular flexibility index (Phi) is 7.67. The van der Waals surface area contributed by atoms with Crippen LogP contribution in [0.2, 0.25) is 5.02 Å². The number of halogens is 1. The summed E-state index contributed by atoms with van der Waals surface area (Å²) in [5, 5.41) is 10.3. The van der Waals surface area contributed by atoms with Gasteiger partial charge in [0.15, 0.2) is 11.5 Å². The number of carbonyl (C=O) groups excluding carboxylic acids is 1. The van der Waals surface area contributed by atoms with Gasteiger partial charge in [-0.1, -0.05) is 48.1 Å². The summed E-state index contributed by atoms with van der Waals surface area (Å²) in [5.41, 5.74) is 0.942. The van der Waals surface area contributed by atoms with Crippen LogP contribution in [0.25, 0.3) is 0 Å². The molecule has 1 aromatic heterocycles. The van der Waals surface area contributed by atoms with Crippen LogP contribution in [-0.2, 0) is 10.0 Å². The Bertz CT molecular complexity index is 1220. The van der Waals surface area contributed by atoms with Crippen molar-refractivity contribution < 1.29 is 22.7 Å². The fourth-order valence-electron chi connectivity index (χ4n) is 2.87. The molecule has 0 saturated carbocycles. The molecular formula is C20H21ClN4O5S2. The van der Waals surface area contributed by atoms with Crippen molar-refractivity contribution in [2.45, 2.75) is 23.7 Å². The second-order valence-electron chi connectivity index (χ2n) is 6.50. The molecule has 170 valence electrons. The first-order valence-electron chi connectivity index (χ1n) is 9.42. The normalized spacial score (nSPS) is 12.2. The van der Waals surface area contributed by atoms with Gasteiger partial charge in [-0.15, -0.1) is 10.2 Å². The maximum Gasteiger partial charge on any atom is 0.270 e. The topological polar surface area (TPSA) is 120 Å². The Labute approximate surface area is 194 Å². The predicted octanol–water partition coefficient (Wildman–Crippen LogP) is 3.89. The summed E-state index contributed by atoms with van der Waals surface area (Å²) >= 11 is 6.76. The van der Waals surface area contributed by atoms with E-state index in [0.717, 1.165) is 11.3 Å². The second-order valence-corrected chi connectivity index (χ2v) is 9.78. The first-order valence-corrected chi connectivity index (χ1v) is 12.1. The monoisotopic (exact) mass is 496 g/mol. The number of anilines is 1. The molecule has 0 bridgehead atoms. The number of amides is 1. The van der Waals surface area contributed by atoms with Gasteiger partial charge in [-0.05, 0) is 36.2 Å². The average molecular weight is 497 g/mol. The number of ether oxygens (including phenoxy) is 2. The molecule has 0 unspecified atom stereocenters. The van der Waals surface area contributed by atoms with Crippen molar-refractivity contribution in [3.8, 4) is 11.5 Å². The summed E-state index contributed by atoms with van der Waals surface area (Å²) in [5.74, 6) is 0.514. The highest BCUT2D eigenvalue weighted by Gasteiger charge is 2.26. The van der Waals surface area contributed by atoms with Crippen molar-refractivity contribution in [2.75, 3.05) is 19.5 Å². The Morgan fingerprint density at radius 2 is 1.84 bits per heavy atom. The zero-order chi connectivity index (χ0) is 23.3. The summed E-state index contributed by atoms with van der Waals surface area (Å²) in [6, 6.07) is 11.1. The Morgan fingerprint density at radius 1 is 1.12 bits per heavy atom. The third-order valence-electron chi connectivity index (χ3n) is 4.49. The number of rotatable bonds is 9. The molecule has 2 N–H and O–H groups in total. The SMILES string of the molecule is CC[C@@H](NS(=O)(=O)c1nnc(NC(=O)c2ccccc2Cl)s1)c1ccc(OC)c(OC)c1. The van der Waals surface area contributed by atoms with Crippen molar-refractivity contribution in [2.24, 2.45) is 0 Å². The maximum atomic E-state index is 12.9. The molecule has 2 aromatic carbocycles. The summed E-state index contributed by atoms with van der Waals surface area (Å²) in [4.78, 5) is 12.4. The van der Waals surface area contributed by atoms with Gasteiger partial charge in [-0.3, -0.25) is 10.1 Å². The number of hydrogen-bond acceptors (Lipinski definition) is 8. The highest BCUT2D eigenvalue weighted by Crippen LogP contribution is 2.32. The standard InChI is InChI=1S/C20H21ClN4O5S2/c1-4-15(12-9-10-16(29-2)17(11-12)30-3)25-32(27,28)20-24-23-19(31-20)22-18(26)13-7-5-6-8-14(13)21/h5-11,15,25H,4H2,1-3H3,(H,22,23,26)/t15-/m1/s1. The van der Waals surface area contributed by atoms with Crippen molar-refractivity contribution >= 4 is 44.0 Å². The molecule has 0 saturated heterocycles. The maximum absolute atomic E-state index is 12.9. The quantitative estimate of drug-likeness (QED) is 0.431. The molecule has 1 atom stereocenters. The summed E-state index contributed by atoms with van der Waals surface area (Å²) in [7, 11) is -0.968. The van der Waals surface area contributed by atoms with E-state index in [1.165, 1.54) is 14.2 Å². The van der Waals surface area contributed by atoms with Crippen LogP contribution >= 0.6 is 22.9 Å².